The topological polar surface area (TPSA) is 97.0 Å². The molecule has 0 spiro atoms. The summed E-state index contributed by atoms with van der Waals surface area (Å²) in [5, 5.41) is 5.73. The fourth-order valence-corrected chi connectivity index (χ4v) is 4.73. The highest BCUT2D eigenvalue weighted by Crippen LogP contribution is 2.43. The van der Waals surface area contributed by atoms with Gasteiger partial charge < -0.3 is 25.0 Å². The first-order valence-corrected chi connectivity index (χ1v) is 12.0. The maximum absolute atomic E-state index is 13.3. The van der Waals surface area contributed by atoms with Crippen LogP contribution in [0.5, 0.6) is 11.5 Å². The van der Waals surface area contributed by atoms with Gasteiger partial charge in [0.25, 0.3) is 0 Å². The van der Waals surface area contributed by atoms with E-state index in [1.54, 1.807) is 27.8 Å². The van der Waals surface area contributed by atoms with Crippen LogP contribution in [-0.2, 0) is 14.3 Å². The second-order valence-electron chi connectivity index (χ2n) is 10.1. The zero-order valence-corrected chi connectivity index (χ0v) is 20.7. The molecule has 35 heavy (non-hydrogen) atoms. The van der Waals surface area contributed by atoms with Gasteiger partial charge in [-0.2, -0.15) is 0 Å². The summed E-state index contributed by atoms with van der Waals surface area (Å²) >= 11 is 0. The minimum absolute atomic E-state index is 0.0691. The Morgan fingerprint density at radius 3 is 2.03 bits per heavy atom. The number of hydrogen-bond donors (Lipinski definition) is 2. The summed E-state index contributed by atoms with van der Waals surface area (Å²) in [6.07, 6.45) is -0.151. The number of para-hydroxylation sites is 2. The molecule has 2 aromatic rings. The molecule has 0 radical (unpaired) electrons. The van der Waals surface area contributed by atoms with Crippen LogP contribution in [0.4, 0.5) is 4.79 Å². The van der Waals surface area contributed by atoms with Crippen LogP contribution in [0.2, 0.25) is 0 Å². The predicted octanol–water partition coefficient (Wildman–Crippen LogP) is 3.66. The molecule has 4 rings (SSSR count). The first-order valence-electron chi connectivity index (χ1n) is 12.0. The number of carbonyl (C=O) groups is 3. The highest BCUT2D eigenvalue weighted by Gasteiger charge is 2.38. The van der Waals surface area contributed by atoms with Gasteiger partial charge in [0.15, 0.2) is 0 Å². The average molecular weight is 480 g/mol. The average Bonchev–Trinajstić information content (AvgIpc) is 2.84. The molecule has 2 atom stereocenters. The molecule has 2 aliphatic heterocycles. The summed E-state index contributed by atoms with van der Waals surface area (Å²) in [7, 11) is 1.56. The molecule has 8 heteroatoms. The van der Waals surface area contributed by atoms with Crippen LogP contribution >= 0.6 is 0 Å². The Kier molecular flexibility index (Phi) is 7.00. The molecule has 186 valence electrons. The highest BCUT2D eigenvalue weighted by atomic mass is 16.6. The predicted molar refractivity (Wildman–Crippen MR) is 131 cm³/mol. The minimum Gasteiger partial charge on any atom is -0.457 e. The van der Waals surface area contributed by atoms with Gasteiger partial charge in [-0.1, -0.05) is 36.4 Å². The molecule has 0 bridgehead atoms. The highest BCUT2D eigenvalue weighted by molar-refractivity contribution is 5.84. The lowest BCUT2D eigenvalue weighted by atomic mass is 9.86. The number of fused-ring (bicyclic) bond motifs is 2. The molecular formula is C27H33N3O5. The van der Waals surface area contributed by atoms with E-state index in [-0.39, 0.29) is 30.8 Å². The van der Waals surface area contributed by atoms with Crippen LogP contribution in [-0.4, -0.2) is 55.1 Å². The van der Waals surface area contributed by atoms with E-state index < -0.39 is 23.5 Å². The smallest absolute Gasteiger partial charge is 0.410 e. The molecule has 0 saturated carbocycles. The fraction of sp³-hybridized carbons (Fsp3) is 0.444. The molecule has 0 unspecified atom stereocenters. The van der Waals surface area contributed by atoms with E-state index >= 15 is 0 Å². The molecule has 2 heterocycles. The first kappa shape index (κ1) is 24.6. The Labute approximate surface area is 206 Å². The Bertz CT molecular complexity index is 1060. The Morgan fingerprint density at radius 2 is 1.49 bits per heavy atom. The van der Waals surface area contributed by atoms with Gasteiger partial charge in [0.1, 0.15) is 17.1 Å². The molecule has 1 saturated heterocycles. The van der Waals surface area contributed by atoms with Crippen molar-refractivity contribution in [1.29, 1.82) is 0 Å². The number of likely N-dealkylation sites (tertiary alicyclic amines) is 1. The monoisotopic (exact) mass is 479 g/mol. The molecule has 3 amide bonds. The molecule has 2 aliphatic rings. The zero-order valence-electron chi connectivity index (χ0n) is 20.7. The molecular weight excluding hydrogens is 446 g/mol. The van der Waals surface area contributed by atoms with Crippen molar-refractivity contribution in [3.63, 3.8) is 0 Å². The summed E-state index contributed by atoms with van der Waals surface area (Å²) < 4.78 is 11.6. The standard InChI is InChI=1S/C27H33N3O5/c1-27(2,3)35-26(33)30-15-17(24(31)28-4)13-18(16-30)25(32)29-14-21-19-9-5-7-11-22(19)34-23-12-8-6-10-20(21)23/h5-12,17-18,21H,13-16H2,1-4H3,(H,28,31)(H,29,32)/t17-,18+/m1/s1. The van der Waals surface area contributed by atoms with E-state index in [1.165, 1.54) is 4.90 Å². The summed E-state index contributed by atoms with van der Waals surface area (Å²) in [4.78, 5) is 40.0. The van der Waals surface area contributed by atoms with E-state index in [0.29, 0.717) is 13.0 Å². The maximum Gasteiger partial charge on any atom is 0.410 e. The van der Waals surface area contributed by atoms with Gasteiger partial charge in [-0.05, 0) is 39.3 Å². The van der Waals surface area contributed by atoms with Gasteiger partial charge in [-0.3, -0.25) is 9.59 Å². The number of hydrogen-bond acceptors (Lipinski definition) is 5. The van der Waals surface area contributed by atoms with Gasteiger partial charge in [0, 0.05) is 43.7 Å². The van der Waals surface area contributed by atoms with Crippen LogP contribution in [0, 0.1) is 11.8 Å². The lowest BCUT2D eigenvalue weighted by Gasteiger charge is -2.37. The molecule has 2 N–H and O–H groups in total. The summed E-state index contributed by atoms with van der Waals surface area (Å²) in [5.41, 5.74) is 1.35. The number of amides is 3. The van der Waals surface area contributed by atoms with E-state index in [2.05, 4.69) is 10.6 Å². The first-order chi connectivity index (χ1) is 16.7. The van der Waals surface area contributed by atoms with E-state index in [1.807, 2.05) is 48.5 Å². The lowest BCUT2D eigenvalue weighted by molar-refractivity contribution is -0.131. The zero-order chi connectivity index (χ0) is 25.2. The van der Waals surface area contributed by atoms with Gasteiger partial charge >= 0.3 is 6.09 Å². The van der Waals surface area contributed by atoms with Crippen LogP contribution in [0.3, 0.4) is 0 Å². The molecule has 0 aliphatic carbocycles. The fourth-order valence-electron chi connectivity index (χ4n) is 4.73. The quantitative estimate of drug-likeness (QED) is 0.698. The summed E-state index contributed by atoms with van der Waals surface area (Å²) in [5.74, 6) is 0.0978. The SMILES string of the molecule is CNC(=O)[C@@H]1C[C@H](C(=O)NCC2c3ccccc3Oc3ccccc32)CN(C(=O)OC(C)(C)C)C1. The van der Waals surface area contributed by atoms with Gasteiger partial charge in [0.2, 0.25) is 11.8 Å². The molecule has 2 aromatic carbocycles. The van der Waals surface area contributed by atoms with Crippen molar-refractivity contribution in [1.82, 2.24) is 15.5 Å². The van der Waals surface area contributed by atoms with Crippen molar-refractivity contribution in [3.05, 3.63) is 59.7 Å². The minimum atomic E-state index is -0.668. The number of nitrogens with zero attached hydrogens (tertiary/aromatic N) is 1. The van der Waals surface area contributed by atoms with Crippen LogP contribution < -0.4 is 15.4 Å². The van der Waals surface area contributed by atoms with E-state index in [9.17, 15) is 14.4 Å². The van der Waals surface area contributed by atoms with Crippen molar-refractivity contribution in [2.75, 3.05) is 26.7 Å². The van der Waals surface area contributed by atoms with Crippen LogP contribution in [0.1, 0.15) is 44.2 Å². The Morgan fingerprint density at radius 1 is 0.943 bits per heavy atom. The molecule has 8 nitrogen and oxygen atoms in total. The largest absolute Gasteiger partial charge is 0.457 e. The molecule has 0 aromatic heterocycles. The number of carbonyl (C=O) groups excluding carboxylic acids is 3. The van der Waals surface area contributed by atoms with Crippen molar-refractivity contribution in [2.45, 2.75) is 38.7 Å². The lowest BCUT2D eigenvalue weighted by Crippen LogP contribution is -2.52. The van der Waals surface area contributed by atoms with Crippen molar-refractivity contribution < 1.29 is 23.9 Å². The van der Waals surface area contributed by atoms with Crippen LogP contribution in [0.25, 0.3) is 0 Å². The third-order valence-electron chi connectivity index (χ3n) is 6.38. The third kappa shape index (κ3) is 5.58. The van der Waals surface area contributed by atoms with E-state index in [0.717, 1.165) is 22.6 Å². The van der Waals surface area contributed by atoms with Gasteiger partial charge in [0.05, 0.1) is 11.8 Å². The van der Waals surface area contributed by atoms with Gasteiger partial charge in [-0.25, -0.2) is 4.79 Å². The maximum atomic E-state index is 13.3. The van der Waals surface area contributed by atoms with Crippen molar-refractivity contribution in [2.24, 2.45) is 11.8 Å². The Balaban J connectivity index is 1.50. The molecule has 1 fully saturated rings. The summed E-state index contributed by atoms with van der Waals surface area (Å²) in [6.45, 7) is 6.18. The number of ether oxygens (including phenoxy) is 2. The number of benzene rings is 2. The van der Waals surface area contributed by atoms with Crippen molar-refractivity contribution in [3.8, 4) is 11.5 Å². The number of rotatable bonds is 4. The van der Waals surface area contributed by atoms with Crippen LogP contribution in [0.15, 0.2) is 48.5 Å². The second kappa shape index (κ2) is 9.98. The number of piperidine rings is 1. The van der Waals surface area contributed by atoms with Crippen molar-refractivity contribution >= 4 is 17.9 Å². The normalized spacial score (nSPS) is 19.6. The Hall–Kier alpha value is -3.55. The van der Waals surface area contributed by atoms with E-state index in [4.69, 9.17) is 9.47 Å². The number of nitrogens with one attached hydrogen (secondary N) is 2. The third-order valence-corrected chi connectivity index (χ3v) is 6.38. The van der Waals surface area contributed by atoms with Gasteiger partial charge in [-0.15, -0.1) is 0 Å². The summed E-state index contributed by atoms with van der Waals surface area (Å²) in [6, 6.07) is 15.6. The second-order valence-corrected chi connectivity index (χ2v) is 10.1.